The molecular formula is C22H19NO2S. The maximum atomic E-state index is 12.3. The van der Waals surface area contributed by atoms with Gasteiger partial charge in [0, 0.05) is 11.4 Å². The van der Waals surface area contributed by atoms with E-state index in [0.717, 1.165) is 18.6 Å². The molecule has 3 aromatic carbocycles. The minimum atomic E-state index is -0.160. The fourth-order valence-corrected chi connectivity index (χ4v) is 4.40. The largest absolute Gasteiger partial charge is 0.274 e. The van der Waals surface area contributed by atoms with E-state index in [-0.39, 0.29) is 11.8 Å². The number of fused-ring (bicyclic) bond motifs is 2. The average Bonchev–Trinajstić information content (AvgIpc) is 2.93. The first-order valence-corrected chi connectivity index (χ1v) is 9.80. The first-order valence-electron chi connectivity index (χ1n) is 8.81. The Balaban J connectivity index is 1.31. The van der Waals surface area contributed by atoms with E-state index in [1.165, 1.54) is 20.6 Å². The molecule has 2 amide bonds. The summed E-state index contributed by atoms with van der Waals surface area (Å²) in [7, 11) is 0. The zero-order valence-corrected chi connectivity index (χ0v) is 15.2. The number of benzene rings is 3. The third-order valence-electron chi connectivity index (χ3n) is 4.66. The Morgan fingerprint density at radius 1 is 0.731 bits per heavy atom. The molecule has 0 N–H and O–H groups in total. The fourth-order valence-electron chi connectivity index (χ4n) is 3.32. The Morgan fingerprint density at radius 2 is 1.38 bits per heavy atom. The second-order valence-corrected chi connectivity index (χ2v) is 7.48. The standard InChI is InChI=1S/C22H19NO2S/c24-21-18-11-3-4-12-19(18)22(25)23(21)14-5-6-15-26-20-13-7-9-16-8-1-2-10-17(16)20/h1-4,7-13H,5-6,14-15H2. The minimum Gasteiger partial charge on any atom is -0.274 e. The Morgan fingerprint density at radius 3 is 2.15 bits per heavy atom. The van der Waals surface area contributed by atoms with Gasteiger partial charge in [-0.1, -0.05) is 48.5 Å². The maximum Gasteiger partial charge on any atom is 0.261 e. The zero-order chi connectivity index (χ0) is 17.9. The van der Waals surface area contributed by atoms with E-state index in [4.69, 9.17) is 0 Å². The topological polar surface area (TPSA) is 37.4 Å². The van der Waals surface area contributed by atoms with Gasteiger partial charge in [-0.05, 0) is 47.6 Å². The van der Waals surface area contributed by atoms with Crippen LogP contribution in [0.3, 0.4) is 0 Å². The zero-order valence-electron chi connectivity index (χ0n) is 14.4. The molecule has 0 fully saturated rings. The van der Waals surface area contributed by atoms with Crippen LogP contribution in [0.4, 0.5) is 0 Å². The lowest BCUT2D eigenvalue weighted by atomic mass is 10.1. The van der Waals surface area contributed by atoms with Crippen LogP contribution < -0.4 is 0 Å². The highest BCUT2D eigenvalue weighted by Crippen LogP contribution is 2.28. The molecule has 0 spiro atoms. The smallest absolute Gasteiger partial charge is 0.261 e. The summed E-state index contributed by atoms with van der Waals surface area (Å²) in [5, 5.41) is 2.53. The highest BCUT2D eigenvalue weighted by Gasteiger charge is 2.34. The van der Waals surface area contributed by atoms with Crippen molar-refractivity contribution < 1.29 is 9.59 Å². The van der Waals surface area contributed by atoms with Crippen molar-refractivity contribution in [1.82, 2.24) is 4.90 Å². The lowest BCUT2D eigenvalue weighted by molar-refractivity contribution is 0.0652. The SMILES string of the molecule is O=C1c2ccccc2C(=O)N1CCCCSc1cccc2ccccc12. The molecule has 3 nitrogen and oxygen atoms in total. The van der Waals surface area contributed by atoms with Gasteiger partial charge in [0.2, 0.25) is 0 Å². The molecular weight excluding hydrogens is 342 g/mol. The Hall–Kier alpha value is -2.59. The summed E-state index contributed by atoms with van der Waals surface area (Å²) in [6.07, 6.45) is 1.78. The number of carbonyl (C=O) groups is 2. The highest BCUT2D eigenvalue weighted by atomic mass is 32.2. The average molecular weight is 361 g/mol. The van der Waals surface area contributed by atoms with E-state index in [2.05, 4.69) is 42.5 Å². The predicted octanol–water partition coefficient (Wildman–Crippen LogP) is 5.01. The van der Waals surface area contributed by atoms with Gasteiger partial charge in [-0.25, -0.2) is 0 Å². The number of hydrogen-bond donors (Lipinski definition) is 0. The van der Waals surface area contributed by atoms with Crippen LogP contribution in [-0.4, -0.2) is 29.0 Å². The number of amides is 2. The Bertz CT molecular complexity index is 942. The van der Waals surface area contributed by atoms with Crippen LogP contribution in [0.5, 0.6) is 0 Å². The molecule has 0 saturated heterocycles. The van der Waals surface area contributed by atoms with E-state index < -0.39 is 0 Å². The summed E-state index contributed by atoms with van der Waals surface area (Å²) in [6.45, 7) is 0.489. The lowest BCUT2D eigenvalue weighted by Crippen LogP contribution is -2.30. The van der Waals surface area contributed by atoms with Crippen LogP contribution >= 0.6 is 11.8 Å². The van der Waals surface area contributed by atoms with Crippen molar-refractivity contribution in [3.8, 4) is 0 Å². The van der Waals surface area contributed by atoms with Crippen LogP contribution in [0.25, 0.3) is 10.8 Å². The monoisotopic (exact) mass is 361 g/mol. The third kappa shape index (κ3) is 3.13. The summed E-state index contributed by atoms with van der Waals surface area (Å²) in [6, 6.07) is 21.8. The van der Waals surface area contributed by atoms with Gasteiger partial charge in [0.05, 0.1) is 11.1 Å². The van der Waals surface area contributed by atoms with Crippen molar-refractivity contribution in [3.05, 3.63) is 77.9 Å². The summed E-state index contributed by atoms with van der Waals surface area (Å²) >= 11 is 1.83. The molecule has 3 aromatic rings. The second kappa shape index (κ2) is 7.34. The first kappa shape index (κ1) is 16.9. The molecule has 0 aromatic heterocycles. The van der Waals surface area contributed by atoms with E-state index in [9.17, 15) is 9.59 Å². The first-order chi connectivity index (χ1) is 12.8. The van der Waals surface area contributed by atoms with Gasteiger partial charge < -0.3 is 0 Å². The van der Waals surface area contributed by atoms with Gasteiger partial charge >= 0.3 is 0 Å². The van der Waals surface area contributed by atoms with E-state index in [1.807, 2.05) is 11.8 Å². The molecule has 0 bridgehead atoms. The van der Waals surface area contributed by atoms with Crippen LogP contribution in [0.1, 0.15) is 33.6 Å². The number of hydrogen-bond acceptors (Lipinski definition) is 3. The van der Waals surface area contributed by atoms with Crippen molar-refractivity contribution in [2.75, 3.05) is 12.3 Å². The van der Waals surface area contributed by atoms with Gasteiger partial charge in [-0.3, -0.25) is 14.5 Å². The van der Waals surface area contributed by atoms with Crippen molar-refractivity contribution in [3.63, 3.8) is 0 Å². The van der Waals surface area contributed by atoms with Gasteiger partial charge in [-0.15, -0.1) is 11.8 Å². The van der Waals surface area contributed by atoms with Gasteiger partial charge in [0.15, 0.2) is 0 Å². The second-order valence-electron chi connectivity index (χ2n) is 6.34. The molecule has 0 radical (unpaired) electrons. The molecule has 1 aliphatic heterocycles. The summed E-state index contributed by atoms with van der Waals surface area (Å²) in [5.74, 6) is 0.650. The Kier molecular flexibility index (Phi) is 4.76. The number of carbonyl (C=O) groups excluding carboxylic acids is 2. The van der Waals surface area contributed by atoms with Gasteiger partial charge in [0.1, 0.15) is 0 Å². The molecule has 0 aliphatic carbocycles. The summed E-state index contributed by atoms with van der Waals surface area (Å²) < 4.78 is 0. The molecule has 1 heterocycles. The molecule has 4 rings (SSSR count). The number of thioether (sulfide) groups is 1. The minimum absolute atomic E-state index is 0.160. The number of imide groups is 1. The van der Waals surface area contributed by atoms with Crippen LogP contribution in [0, 0.1) is 0 Å². The van der Waals surface area contributed by atoms with Crippen molar-refractivity contribution in [2.24, 2.45) is 0 Å². The van der Waals surface area contributed by atoms with Crippen LogP contribution in [0.15, 0.2) is 71.6 Å². The number of nitrogens with zero attached hydrogens (tertiary/aromatic N) is 1. The van der Waals surface area contributed by atoms with E-state index >= 15 is 0 Å². The number of unbranched alkanes of at least 4 members (excludes halogenated alkanes) is 1. The molecule has 0 saturated carbocycles. The maximum absolute atomic E-state index is 12.3. The third-order valence-corrected chi connectivity index (χ3v) is 5.82. The van der Waals surface area contributed by atoms with Crippen LogP contribution in [0.2, 0.25) is 0 Å². The van der Waals surface area contributed by atoms with Crippen molar-refractivity contribution in [2.45, 2.75) is 17.7 Å². The molecule has 0 unspecified atom stereocenters. The van der Waals surface area contributed by atoms with E-state index in [1.54, 1.807) is 24.3 Å². The summed E-state index contributed by atoms with van der Waals surface area (Å²) in [4.78, 5) is 27.3. The number of rotatable bonds is 6. The van der Waals surface area contributed by atoms with Gasteiger partial charge in [-0.2, -0.15) is 0 Å². The Labute approximate surface area is 157 Å². The highest BCUT2D eigenvalue weighted by molar-refractivity contribution is 7.99. The summed E-state index contributed by atoms with van der Waals surface area (Å²) in [5.41, 5.74) is 1.06. The fraction of sp³-hybridized carbons (Fsp3) is 0.182. The molecule has 0 atom stereocenters. The molecule has 130 valence electrons. The predicted molar refractivity (Wildman–Crippen MR) is 106 cm³/mol. The van der Waals surface area contributed by atoms with Crippen molar-refractivity contribution >= 4 is 34.3 Å². The van der Waals surface area contributed by atoms with Crippen LogP contribution in [-0.2, 0) is 0 Å². The van der Waals surface area contributed by atoms with Gasteiger partial charge in [0.25, 0.3) is 11.8 Å². The van der Waals surface area contributed by atoms with E-state index in [0.29, 0.717) is 17.7 Å². The molecule has 1 aliphatic rings. The quantitative estimate of drug-likeness (QED) is 0.352. The molecule has 26 heavy (non-hydrogen) atoms. The normalized spacial score (nSPS) is 13.5. The lowest BCUT2D eigenvalue weighted by Gasteiger charge is -2.13. The van der Waals surface area contributed by atoms with Crippen molar-refractivity contribution in [1.29, 1.82) is 0 Å². The molecule has 4 heteroatoms.